The molecule has 1 heterocycles. The zero-order chi connectivity index (χ0) is 12.7. The molecule has 17 heavy (non-hydrogen) atoms. The highest BCUT2D eigenvalue weighted by Gasteiger charge is 2.25. The van der Waals surface area contributed by atoms with E-state index in [9.17, 15) is 0 Å². The Morgan fingerprint density at radius 1 is 1.29 bits per heavy atom. The van der Waals surface area contributed by atoms with Gasteiger partial charge in [-0.05, 0) is 45.1 Å². The van der Waals surface area contributed by atoms with Crippen LogP contribution in [0.2, 0.25) is 0 Å². The van der Waals surface area contributed by atoms with Crippen LogP contribution in [0.5, 0.6) is 0 Å². The minimum atomic E-state index is 0.752. The molecule has 1 rings (SSSR count). The number of hydrogen-bond donors (Lipinski definition) is 0. The molecule has 0 bridgehead atoms. The van der Waals surface area contributed by atoms with Crippen molar-refractivity contribution in [1.82, 2.24) is 4.90 Å². The third-order valence-electron chi connectivity index (χ3n) is 3.63. The maximum absolute atomic E-state index is 2.61. The third kappa shape index (κ3) is 3.49. The van der Waals surface area contributed by atoms with Gasteiger partial charge in [0, 0.05) is 18.3 Å². The first-order valence-electron chi connectivity index (χ1n) is 7.03. The molecule has 1 heteroatoms. The highest BCUT2D eigenvalue weighted by Crippen LogP contribution is 2.29. The summed E-state index contributed by atoms with van der Waals surface area (Å²) in [5.41, 5.74) is 2.92. The lowest BCUT2D eigenvalue weighted by Crippen LogP contribution is -2.28. The van der Waals surface area contributed by atoms with E-state index in [1.165, 1.54) is 37.1 Å². The Morgan fingerprint density at radius 3 is 2.59 bits per heavy atom. The Kier molecular flexibility index (Phi) is 6.10. The van der Waals surface area contributed by atoms with E-state index >= 15 is 0 Å². The number of hydrogen-bond acceptors (Lipinski definition) is 1. The second kappa shape index (κ2) is 7.37. The summed E-state index contributed by atoms with van der Waals surface area (Å²) >= 11 is 0. The molecular formula is C16H27N. The van der Waals surface area contributed by atoms with Crippen molar-refractivity contribution in [2.24, 2.45) is 0 Å². The second-order valence-corrected chi connectivity index (χ2v) is 4.64. The van der Waals surface area contributed by atoms with E-state index < -0.39 is 0 Å². The Balaban J connectivity index is 2.90. The topological polar surface area (TPSA) is 3.24 Å². The minimum absolute atomic E-state index is 0.752. The van der Waals surface area contributed by atoms with Crippen LogP contribution in [0.4, 0.5) is 0 Å². The molecule has 0 aliphatic carbocycles. The normalized spacial score (nSPS) is 22.8. The lowest BCUT2D eigenvalue weighted by atomic mass is 10.1. The van der Waals surface area contributed by atoms with Gasteiger partial charge in [0.15, 0.2) is 0 Å². The van der Waals surface area contributed by atoms with Crippen LogP contribution in [-0.4, -0.2) is 17.5 Å². The summed E-state index contributed by atoms with van der Waals surface area (Å²) in [6, 6.07) is 0.752. The first-order chi connectivity index (χ1) is 8.28. The quantitative estimate of drug-likeness (QED) is 0.623. The van der Waals surface area contributed by atoms with Crippen LogP contribution in [0, 0.1) is 0 Å². The predicted octanol–water partition coefficient (Wildman–Crippen LogP) is 4.68. The van der Waals surface area contributed by atoms with Crippen LogP contribution in [0.15, 0.2) is 35.6 Å². The molecule has 1 aliphatic heterocycles. The van der Waals surface area contributed by atoms with Gasteiger partial charge in [0.05, 0.1) is 0 Å². The summed E-state index contributed by atoms with van der Waals surface area (Å²) in [4.78, 5) is 2.61. The second-order valence-electron chi connectivity index (χ2n) is 4.64. The first-order valence-corrected chi connectivity index (χ1v) is 7.03. The maximum atomic E-state index is 2.61. The molecule has 0 aromatic heterocycles. The minimum Gasteiger partial charge on any atom is -0.369 e. The number of rotatable bonds is 5. The van der Waals surface area contributed by atoms with Crippen molar-refractivity contribution in [2.75, 3.05) is 6.54 Å². The molecule has 0 aromatic rings. The van der Waals surface area contributed by atoms with E-state index in [4.69, 9.17) is 0 Å². The van der Waals surface area contributed by atoms with Crippen LogP contribution in [0.25, 0.3) is 0 Å². The van der Waals surface area contributed by atoms with Crippen LogP contribution >= 0.6 is 0 Å². The molecule has 1 fully saturated rings. The Hall–Kier alpha value is -0.980. The lowest BCUT2D eigenvalue weighted by Gasteiger charge is -2.30. The predicted molar refractivity (Wildman–Crippen MR) is 77.0 cm³/mol. The van der Waals surface area contributed by atoms with E-state index in [1.54, 1.807) is 0 Å². The van der Waals surface area contributed by atoms with Crippen molar-refractivity contribution in [3.63, 3.8) is 0 Å². The van der Waals surface area contributed by atoms with Gasteiger partial charge in [-0.15, -0.1) is 0 Å². The summed E-state index contributed by atoms with van der Waals surface area (Å²) in [6.07, 6.45) is 13.9. The van der Waals surface area contributed by atoms with Gasteiger partial charge in [-0.1, -0.05) is 38.2 Å². The molecule has 0 spiro atoms. The van der Waals surface area contributed by atoms with Gasteiger partial charge in [-0.2, -0.15) is 0 Å². The number of nitrogens with zero attached hydrogens (tertiary/aromatic N) is 1. The van der Waals surface area contributed by atoms with Gasteiger partial charge in [0.2, 0.25) is 0 Å². The van der Waals surface area contributed by atoms with Gasteiger partial charge in [-0.25, -0.2) is 0 Å². The average molecular weight is 233 g/mol. The van der Waals surface area contributed by atoms with E-state index in [0.717, 1.165) is 12.5 Å². The van der Waals surface area contributed by atoms with Crippen LogP contribution in [0.1, 0.15) is 53.4 Å². The van der Waals surface area contributed by atoms with Gasteiger partial charge in [-0.3, -0.25) is 0 Å². The fourth-order valence-electron chi connectivity index (χ4n) is 2.71. The van der Waals surface area contributed by atoms with Crippen molar-refractivity contribution in [2.45, 2.75) is 59.4 Å². The molecule has 0 amide bonds. The molecule has 1 unspecified atom stereocenters. The largest absolute Gasteiger partial charge is 0.369 e. The van der Waals surface area contributed by atoms with Gasteiger partial charge in [0.1, 0.15) is 0 Å². The molecular weight excluding hydrogens is 206 g/mol. The molecule has 1 aliphatic rings. The SMILES string of the molecule is CC=CC=C(CC)C(=CC)N1CCCC1CC. The zero-order valence-electron chi connectivity index (χ0n) is 11.9. The van der Waals surface area contributed by atoms with Crippen LogP contribution in [-0.2, 0) is 0 Å². The Morgan fingerprint density at radius 2 is 2.06 bits per heavy atom. The van der Waals surface area contributed by atoms with E-state index in [-0.39, 0.29) is 0 Å². The summed E-state index contributed by atoms with van der Waals surface area (Å²) in [6.45, 7) is 10.0. The molecule has 1 atom stereocenters. The Bertz CT molecular complexity index is 309. The third-order valence-corrected chi connectivity index (χ3v) is 3.63. The zero-order valence-corrected chi connectivity index (χ0v) is 11.9. The maximum Gasteiger partial charge on any atom is 0.0357 e. The summed E-state index contributed by atoms with van der Waals surface area (Å²) in [7, 11) is 0. The molecule has 0 aromatic carbocycles. The smallest absolute Gasteiger partial charge is 0.0357 e. The van der Waals surface area contributed by atoms with Crippen molar-refractivity contribution in [3.8, 4) is 0 Å². The summed E-state index contributed by atoms with van der Waals surface area (Å²) in [5.74, 6) is 0. The van der Waals surface area contributed by atoms with Crippen molar-refractivity contribution < 1.29 is 0 Å². The molecule has 0 saturated carbocycles. The summed E-state index contributed by atoms with van der Waals surface area (Å²) < 4.78 is 0. The molecule has 0 radical (unpaired) electrons. The first kappa shape index (κ1) is 14.1. The number of allylic oxidation sites excluding steroid dienone is 5. The summed E-state index contributed by atoms with van der Waals surface area (Å²) in [5, 5.41) is 0. The van der Waals surface area contributed by atoms with Crippen molar-refractivity contribution in [1.29, 1.82) is 0 Å². The van der Waals surface area contributed by atoms with Crippen LogP contribution in [0.3, 0.4) is 0 Å². The van der Waals surface area contributed by atoms with Crippen LogP contribution < -0.4 is 0 Å². The van der Waals surface area contributed by atoms with Crippen molar-refractivity contribution in [3.05, 3.63) is 35.6 Å². The number of likely N-dealkylation sites (tertiary alicyclic amines) is 1. The highest BCUT2D eigenvalue weighted by molar-refractivity contribution is 5.33. The Labute approximate surface area is 107 Å². The van der Waals surface area contributed by atoms with Crippen molar-refractivity contribution >= 4 is 0 Å². The van der Waals surface area contributed by atoms with Gasteiger partial charge >= 0.3 is 0 Å². The fraction of sp³-hybridized carbons (Fsp3) is 0.625. The lowest BCUT2D eigenvalue weighted by molar-refractivity contribution is 0.316. The van der Waals surface area contributed by atoms with E-state index in [1.807, 2.05) is 0 Å². The monoisotopic (exact) mass is 233 g/mol. The van der Waals surface area contributed by atoms with E-state index in [0.29, 0.717) is 0 Å². The molecule has 96 valence electrons. The van der Waals surface area contributed by atoms with Gasteiger partial charge in [0.25, 0.3) is 0 Å². The molecule has 1 nitrogen and oxygen atoms in total. The fourth-order valence-corrected chi connectivity index (χ4v) is 2.71. The average Bonchev–Trinajstić information content (AvgIpc) is 2.82. The van der Waals surface area contributed by atoms with Gasteiger partial charge < -0.3 is 4.90 Å². The standard InChI is InChI=1S/C16H27N/c1-5-9-11-14(6-2)16(8-4)17-13-10-12-15(17)7-3/h5,8-9,11,15H,6-7,10,12-13H2,1-4H3. The van der Waals surface area contributed by atoms with E-state index in [2.05, 4.69) is 56.9 Å². The molecule has 1 saturated heterocycles. The highest BCUT2D eigenvalue weighted by atomic mass is 15.2. The molecule has 0 N–H and O–H groups in total.